The van der Waals surface area contributed by atoms with E-state index in [0.29, 0.717) is 12.7 Å². The van der Waals surface area contributed by atoms with Gasteiger partial charge in [-0.1, -0.05) is 23.6 Å². The van der Waals surface area contributed by atoms with Crippen LogP contribution in [0.3, 0.4) is 0 Å². The van der Waals surface area contributed by atoms with Crippen LogP contribution in [0.5, 0.6) is 0 Å². The van der Waals surface area contributed by atoms with Gasteiger partial charge in [0.15, 0.2) is 0 Å². The summed E-state index contributed by atoms with van der Waals surface area (Å²) in [5.41, 5.74) is 0.978. The average Bonchev–Trinajstić information content (AvgIpc) is 2.38. The van der Waals surface area contributed by atoms with Crippen molar-refractivity contribution in [2.24, 2.45) is 0 Å². The highest BCUT2D eigenvalue weighted by Gasteiger charge is 2.23. The van der Waals surface area contributed by atoms with Crippen LogP contribution in [0.2, 0.25) is 0 Å². The molecule has 19 heavy (non-hydrogen) atoms. The maximum Gasteiger partial charge on any atom is 0.243 e. The first-order valence-electron chi connectivity index (χ1n) is 5.61. The number of carbonyl (C=O) groups excluding carboxylic acids is 1. The normalized spacial score (nSPS) is 10.9. The van der Waals surface area contributed by atoms with Gasteiger partial charge in [0.25, 0.3) is 0 Å². The molecule has 1 aromatic carbocycles. The molecule has 0 aromatic heterocycles. The number of rotatable bonds is 6. The molecule has 0 atom stereocenters. The van der Waals surface area contributed by atoms with E-state index in [2.05, 4.69) is 26.7 Å². The van der Waals surface area contributed by atoms with E-state index in [0.717, 1.165) is 9.87 Å². The van der Waals surface area contributed by atoms with Crippen LogP contribution in [-0.4, -0.2) is 32.1 Å². The van der Waals surface area contributed by atoms with E-state index in [4.69, 9.17) is 0 Å². The van der Waals surface area contributed by atoms with Crippen LogP contribution in [-0.2, 0) is 14.8 Å². The monoisotopic (exact) mass is 343 g/mol. The van der Waals surface area contributed by atoms with Gasteiger partial charge in [-0.25, -0.2) is 8.42 Å². The van der Waals surface area contributed by atoms with Gasteiger partial charge in [0.1, 0.15) is 6.29 Å². The first-order chi connectivity index (χ1) is 9.02. The summed E-state index contributed by atoms with van der Waals surface area (Å²) < 4.78 is 25.8. The standard InChI is InChI=1S/C13H14BrNO3S/c1-12-4-6-13(7-5-12)19(17,18)15(10-11-16)9-3-2-8-14/h4-7,11H,3,9-10H2,1H3. The molecule has 0 aliphatic heterocycles. The van der Waals surface area contributed by atoms with Crippen LogP contribution in [0, 0.1) is 17.7 Å². The first kappa shape index (κ1) is 15.9. The second-order valence-corrected chi connectivity index (χ2v) is 6.20. The van der Waals surface area contributed by atoms with Crippen molar-refractivity contribution < 1.29 is 13.2 Å². The highest BCUT2D eigenvalue weighted by atomic mass is 79.9. The molecule has 4 nitrogen and oxygen atoms in total. The Labute approximate surface area is 122 Å². The van der Waals surface area contributed by atoms with Crippen molar-refractivity contribution in [3.8, 4) is 10.8 Å². The quantitative estimate of drug-likeness (QED) is 0.585. The third-order valence-corrected chi connectivity index (χ3v) is 4.65. The van der Waals surface area contributed by atoms with E-state index in [1.54, 1.807) is 24.3 Å². The fourth-order valence-electron chi connectivity index (χ4n) is 1.48. The zero-order chi connectivity index (χ0) is 14.3. The van der Waals surface area contributed by atoms with Crippen molar-refractivity contribution in [3.05, 3.63) is 29.8 Å². The Hall–Kier alpha value is -1.16. The molecule has 0 radical (unpaired) electrons. The lowest BCUT2D eigenvalue weighted by molar-refractivity contribution is -0.108. The van der Waals surface area contributed by atoms with Gasteiger partial charge in [0.05, 0.1) is 11.4 Å². The number of nitrogens with zero attached hydrogens (tertiary/aromatic N) is 1. The molecule has 0 amide bonds. The molecule has 6 heteroatoms. The predicted molar refractivity (Wildman–Crippen MR) is 77.3 cm³/mol. The summed E-state index contributed by atoms with van der Waals surface area (Å²) in [6.45, 7) is 1.90. The number of hydrogen-bond acceptors (Lipinski definition) is 3. The summed E-state index contributed by atoms with van der Waals surface area (Å²) in [7, 11) is -3.64. The average molecular weight is 344 g/mol. The number of carbonyl (C=O) groups is 1. The molecule has 0 aliphatic carbocycles. The zero-order valence-electron chi connectivity index (χ0n) is 10.5. The topological polar surface area (TPSA) is 54.5 Å². The number of aldehydes is 1. The number of halogens is 1. The van der Waals surface area contributed by atoms with Gasteiger partial charge in [0, 0.05) is 28.9 Å². The highest BCUT2D eigenvalue weighted by molar-refractivity contribution is 9.12. The molecule has 0 spiro atoms. The largest absolute Gasteiger partial charge is 0.302 e. The van der Waals surface area contributed by atoms with Crippen molar-refractivity contribution in [3.63, 3.8) is 0 Å². The summed E-state index contributed by atoms with van der Waals surface area (Å²) in [5.74, 6) is 2.71. The van der Waals surface area contributed by atoms with E-state index in [-0.39, 0.29) is 18.0 Å². The summed E-state index contributed by atoms with van der Waals surface area (Å²) in [5, 5.41) is 0. The van der Waals surface area contributed by atoms with Gasteiger partial charge in [0.2, 0.25) is 10.0 Å². The van der Waals surface area contributed by atoms with Crippen molar-refractivity contribution in [2.45, 2.75) is 18.2 Å². The van der Waals surface area contributed by atoms with Crippen molar-refractivity contribution in [1.29, 1.82) is 0 Å². The van der Waals surface area contributed by atoms with Crippen molar-refractivity contribution >= 4 is 32.2 Å². The minimum atomic E-state index is -3.64. The van der Waals surface area contributed by atoms with E-state index in [1.165, 1.54) is 0 Å². The number of benzene rings is 1. The van der Waals surface area contributed by atoms with Gasteiger partial charge in [-0.05, 0) is 23.9 Å². The van der Waals surface area contributed by atoms with Gasteiger partial charge in [-0.15, -0.1) is 0 Å². The van der Waals surface area contributed by atoms with E-state index >= 15 is 0 Å². The molecule has 0 saturated heterocycles. The molecule has 0 aliphatic rings. The Morgan fingerprint density at radius 1 is 1.32 bits per heavy atom. The van der Waals surface area contributed by atoms with E-state index in [9.17, 15) is 13.2 Å². The number of aryl methyl sites for hydroxylation is 1. The molecule has 0 unspecified atom stereocenters. The second-order valence-electron chi connectivity index (χ2n) is 3.86. The molecule has 0 fully saturated rings. The molecular formula is C13H14BrNO3S. The van der Waals surface area contributed by atoms with Crippen LogP contribution in [0.15, 0.2) is 29.2 Å². The Kier molecular flexibility index (Phi) is 6.22. The van der Waals surface area contributed by atoms with Crippen LogP contribution >= 0.6 is 15.9 Å². The van der Waals surface area contributed by atoms with Crippen LogP contribution in [0.4, 0.5) is 0 Å². The molecule has 0 saturated carbocycles. The number of sulfonamides is 1. The Balaban J connectivity index is 3.00. The number of hydrogen-bond donors (Lipinski definition) is 0. The SMILES string of the molecule is Cc1ccc(S(=O)(=O)N(CC=O)CCC#CBr)cc1. The summed E-state index contributed by atoms with van der Waals surface area (Å²) in [6, 6.07) is 6.53. The molecule has 0 bridgehead atoms. The molecule has 0 N–H and O–H groups in total. The second kappa shape index (κ2) is 7.43. The summed E-state index contributed by atoms with van der Waals surface area (Å²) in [6.07, 6.45) is 0.942. The zero-order valence-corrected chi connectivity index (χ0v) is 12.9. The van der Waals surface area contributed by atoms with Crippen LogP contribution < -0.4 is 0 Å². The maximum absolute atomic E-state index is 12.3. The van der Waals surface area contributed by atoms with E-state index < -0.39 is 10.0 Å². The third-order valence-electron chi connectivity index (χ3n) is 2.49. The predicted octanol–water partition coefficient (Wildman–Crippen LogP) is 1.93. The highest BCUT2D eigenvalue weighted by Crippen LogP contribution is 2.16. The van der Waals surface area contributed by atoms with Gasteiger partial charge in [-0.2, -0.15) is 4.31 Å². The molecule has 1 rings (SSSR count). The van der Waals surface area contributed by atoms with Gasteiger partial charge < -0.3 is 4.79 Å². The maximum atomic E-state index is 12.3. The first-order valence-corrected chi connectivity index (χ1v) is 7.84. The Morgan fingerprint density at radius 3 is 2.47 bits per heavy atom. The Morgan fingerprint density at radius 2 is 1.95 bits per heavy atom. The van der Waals surface area contributed by atoms with Gasteiger partial charge >= 0.3 is 0 Å². The lowest BCUT2D eigenvalue weighted by Crippen LogP contribution is -2.33. The molecule has 1 aromatic rings. The van der Waals surface area contributed by atoms with Gasteiger partial charge in [-0.3, -0.25) is 0 Å². The fraction of sp³-hybridized carbons (Fsp3) is 0.308. The summed E-state index contributed by atoms with van der Waals surface area (Å²) >= 11 is 2.94. The smallest absolute Gasteiger partial charge is 0.243 e. The third kappa shape index (κ3) is 4.46. The minimum absolute atomic E-state index is 0.166. The van der Waals surface area contributed by atoms with E-state index in [1.807, 2.05) is 6.92 Å². The molecular weight excluding hydrogens is 330 g/mol. The van der Waals surface area contributed by atoms with Crippen LogP contribution in [0.25, 0.3) is 0 Å². The fourth-order valence-corrected chi connectivity index (χ4v) is 3.05. The summed E-state index contributed by atoms with van der Waals surface area (Å²) in [4.78, 5) is 13.3. The lowest BCUT2D eigenvalue weighted by atomic mass is 10.2. The molecule has 102 valence electrons. The van der Waals surface area contributed by atoms with Crippen LogP contribution in [0.1, 0.15) is 12.0 Å². The van der Waals surface area contributed by atoms with Crippen molar-refractivity contribution in [2.75, 3.05) is 13.1 Å². The van der Waals surface area contributed by atoms with Crippen molar-refractivity contribution in [1.82, 2.24) is 4.31 Å². The Bertz CT molecular complexity index is 585. The minimum Gasteiger partial charge on any atom is -0.302 e. The molecule has 0 heterocycles. The lowest BCUT2D eigenvalue weighted by Gasteiger charge is -2.18.